The Balaban J connectivity index is 2.30. The van der Waals surface area contributed by atoms with Gasteiger partial charge < -0.3 is 14.8 Å². The van der Waals surface area contributed by atoms with Crippen LogP contribution < -0.4 is 10.1 Å². The summed E-state index contributed by atoms with van der Waals surface area (Å²) >= 11 is 1.68. The molecule has 0 spiro atoms. The van der Waals surface area contributed by atoms with Crippen LogP contribution in [0.15, 0.2) is 29.8 Å². The lowest BCUT2D eigenvalue weighted by Gasteiger charge is -2.21. The van der Waals surface area contributed by atoms with Gasteiger partial charge in [-0.05, 0) is 19.5 Å². The van der Waals surface area contributed by atoms with Gasteiger partial charge >= 0.3 is 0 Å². The second-order valence-corrected chi connectivity index (χ2v) is 5.56. The van der Waals surface area contributed by atoms with E-state index in [4.69, 9.17) is 9.47 Å². The van der Waals surface area contributed by atoms with Gasteiger partial charge in [0.15, 0.2) is 0 Å². The first-order chi connectivity index (χ1) is 10.3. The molecule has 0 fully saturated rings. The fraction of sp³-hybridized carbons (Fsp3) is 0.438. The fourth-order valence-corrected chi connectivity index (χ4v) is 3.12. The monoisotopic (exact) mass is 306 g/mol. The Morgan fingerprint density at radius 3 is 2.76 bits per heavy atom. The number of methoxy groups -OCH3 is 1. The number of ether oxygens (including phenoxy) is 2. The predicted octanol–water partition coefficient (Wildman–Crippen LogP) is 3.18. The van der Waals surface area contributed by atoms with Crippen molar-refractivity contribution in [3.05, 3.63) is 45.9 Å². The first-order valence-corrected chi connectivity index (χ1v) is 8.00. The lowest BCUT2D eigenvalue weighted by atomic mass is 10.0. The van der Waals surface area contributed by atoms with Gasteiger partial charge in [0.1, 0.15) is 12.4 Å². The number of hydrogen-bond donors (Lipinski definition) is 1. The summed E-state index contributed by atoms with van der Waals surface area (Å²) in [5.41, 5.74) is 4.10. The molecule has 1 aromatic heterocycles. The van der Waals surface area contributed by atoms with Crippen molar-refractivity contribution < 1.29 is 9.47 Å². The first kappa shape index (κ1) is 15.9. The lowest BCUT2D eigenvalue weighted by molar-refractivity contribution is 0.145. The summed E-state index contributed by atoms with van der Waals surface area (Å²) < 4.78 is 10.9. The molecule has 0 aliphatic rings. The van der Waals surface area contributed by atoms with Crippen molar-refractivity contribution in [1.82, 2.24) is 10.3 Å². The van der Waals surface area contributed by atoms with E-state index in [0.29, 0.717) is 13.2 Å². The van der Waals surface area contributed by atoms with E-state index < -0.39 is 0 Å². The highest BCUT2D eigenvalue weighted by Crippen LogP contribution is 2.33. The number of aryl methyl sites for hydroxylation is 1. The summed E-state index contributed by atoms with van der Waals surface area (Å²) in [7, 11) is 1.68. The van der Waals surface area contributed by atoms with Gasteiger partial charge in [-0.2, -0.15) is 0 Å². The SMILES string of the molecule is CCNC(c1ccccc1OCCOC)c1scnc1C. The topological polar surface area (TPSA) is 43.4 Å². The summed E-state index contributed by atoms with van der Waals surface area (Å²) in [6.45, 7) is 6.17. The van der Waals surface area contributed by atoms with Gasteiger partial charge in [0, 0.05) is 17.6 Å². The lowest BCUT2D eigenvalue weighted by Crippen LogP contribution is -2.22. The van der Waals surface area contributed by atoms with E-state index in [2.05, 4.69) is 23.3 Å². The molecule has 0 saturated heterocycles. The standard InChI is InChI=1S/C16H22N2O2S/c1-4-17-15(16-12(2)18-11-21-16)13-7-5-6-8-14(13)20-10-9-19-3/h5-8,11,15,17H,4,9-10H2,1-3H3. The van der Waals surface area contributed by atoms with Crippen LogP contribution in [0.25, 0.3) is 0 Å². The third kappa shape index (κ3) is 4.03. The van der Waals surface area contributed by atoms with E-state index in [-0.39, 0.29) is 6.04 Å². The summed E-state index contributed by atoms with van der Waals surface area (Å²) in [6, 6.07) is 8.26. The molecule has 1 unspecified atom stereocenters. The molecule has 1 heterocycles. The van der Waals surface area contributed by atoms with Gasteiger partial charge in [-0.1, -0.05) is 25.1 Å². The molecule has 0 aliphatic carbocycles. The zero-order valence-electron chi connectivity index (χ0n) is 12.8. The third-order valence-corrected chi connectivity index (χ3v) is 4.22. The molecule has 0 saturated carbocycles. The van der Waals surface area contributed by atoms with E-state index in [1.807, 2.05) is 30.6 Å². The van der Waals surface area contributed by atoms with Gasteiger partial charge in [0.05, 0.1) is 23.9 Å². The second kappa shape index (κ2) is 8.12. The number of hydrogen-bond acceptors (Lipinski definition) is 5. The number of para-hydroxylation sites is 1. The molecule has 4 nitrogen and oxygen atoms in total. The van der Waals surface area contributed by atoms with Gasteiger partial charge in [0.2, 0.25) is 0 Å². The number of nitrogens with zero attached hydrogens (tertiary/aromatic N) is 1. The maximum Gasteiger partial charge on any atom is 0.124 e. The maximum atomic E-state index is 5.86. The zero-order chi connectivity index (χ0) is 15.1. The Labute approximate surface area is 130 Å². The fourth-order valence-electron chi connectivity index (χ4n) is 2.22. The maximum absolute atomic E-state index is 5.86. The van der Waals surface area contributed by atoms with E-state index in [1.54, 1.807) is 18.4 Å². The molecule has 114 valence electrons. The number of aromatic nitrogens is 1. The minimum absolute atomic E-state index is 0.112. The van der Waals surface area contributed by atoms with Crippen molar-refractivity contribution in [1.29, 1.82) is 0 Å². The van der Waals surface area contributed by atoms with Crippen LogP contribution in [-0.4, -0.2) is 31.9 Å². The van der Waals surface area contributed by atoms with Gasteiger partial charge in [-0.15, -0.1) is 11.3 Å². The summed E-state index contributed by atoms with van der Waals surface area (Å²) in [5, 5.41) is 3.53. The Morgan fingerprint density at radius 2 is 2.10 bits per heavy atom. The molecule has 2 aromatic rings. The summed E-state index contributed by atoms with van der Waals surface area (Å²) in [6.07, 6.45) is 0. The number of nitrogens with one attached hydrogen (secondary N) is 1. The normalized spacial score (nSPS) is 12.3. The van der Waals surface area contributed by atoms with E-state index in [1.165, 1.54) is 4.88 Å². The van der Waals surface area contributed by atoms with Crippen LogP contribution in [0.5, 0.6) is 5.75 Å². The average Bonchev–Trinajstić information content (AvgIpc) is 2.92. The molecule has 1 aromatic carbocycles. The van der Waals surface area contributed by atoms with Gasteiger partial charge in [-0.25, -0.2) is 4.98 Å². The number of thiazole rings is 1. The van der Waals surface area contributed by atoms with Crippen LogP contribution in [-0.2, 0) is 4.74 Å². The molecule has 1 atom stereocenters. The highest BCUT2D eigenvalue weighted by molar-refractivity contribution is 7.09. The van der Waals surface area contributed by atoms with Crippen molar-refractivity contribution >= 4 is 11.3 Å². The Hall–Kier alpha value is -1.43. The summed E-state index contributed by atoms with van der Waals surface area (Å²) in [4.78, 5) is 5.60. The van der Waals surface area contributed by atoms with Crippen molar-refractivity contribution in [2.24, 2.45) is 0 Å². The van der Waals surface area contributed by atoms with Crippen LogP contribution in [0.2, 0.25) is 0 Å². The highest BCUT2D eigenvalue weighted by atomic mass is 32.1. The van der Waals surface area contributed by atoms with E-state index in [9.17, 15) is 0 Å². The summed E-state index contributed by atoms with van der Waals surface area (Å²) in [5.74, 6) is 0.897. The van der Waals surface area contributed by atoms with Crippen molar-refractivity contribution in [2.45, 2.75) is 19.9 Å². The van der Waals surface area contributed by atoms with Crippen molar-refractivity contribution in [2.75, 3.05) is 26.9 Å². The van der Waals surface area contributed by atoms with Gasteiger partial charge in [0.25, 0.3) is 0 Å². The largest absolute Gasteiger partial charge is 0.491 e. The van der Waals surface area contributed by atoms with E-state index in [0.717, 1.165) is 23.6 Å². The highest BCUT2D eigenvalue weighted by Gasteiger charge is 2.20. The Morgan fingerprint density at radius 1 is 1.29 bits per heavy atom. The van der Waals surface area contributed by atoms with Crippen LogP contribution in [0.4, 0.5) is 0 Å². The van der Waals surface area contributed by atoms with Crippen molar-refractivity contribution in [3.63, 3.8) is 0 Å². The molecule has 21 heavy (non-hydrogen) atoms. The molecular formula is C16H22N2O2S. The Bertz CT molecular complexity index is 557. The predicted molar refractivity (Wildman–Crippen MR) is 86.2 cm³/mol. The number of rotatable bonds is 8. The van der Waals surface area contributed by atoms with Crippen LogP contribution in [0, 0.1) is 6.92 Å². The van der Waals surface area contributed by atoms with Crippen LogP contribution in [0.1, 0.15) is 29.1 Å². The molecule has 0 aliphatic heterocycles. The molecule has 5 heteroatoms. The average molecular weight is 306 g/mol. The van der Waals surface area contributed by atoms with Crippen molar-refractivity contribution in [3.8, 4) is 5.75 Å². The van der Waals surface area contributed by atoms with E-state index >= 15 is 0 Å². The zero-order valence-corrected chi connectivity index (χ0v) is 13.6. The van der Waals surface area contributed by atoms with Crippen LogP contribution in [0.3, 0.4) is 0 Å². The molecule has 2 rings (SSSR count). The Kier molecular flexibility index (Phi) is 6.17. The first-order valence-electron chi connectivity index (χ1n) is 7.12. The molecule has 1 N–H and O–H groups in total. The molecule has 0 amide bonds. The minimum atomic E-state index is 0.112. The smallest absolute Gasteiger partial charge is 0.124 e. The van der Waals surface area contributed by atoms with Crippen LogP contribution >= 0.6 is 11.3 Å². The minimum Gasteiger partial charge on any atom is -0.491 e. The molecular weight excluding hydrogens is 284 g/mol. The molecule has 0 bridgehead atoms. The second-order valence-electron chi connectivity index (χ2n) is 4.67. The van der Waals surface area contributed by atoms with Gasteiger partial charge in [-0.3, -0.25) is 0 Å². The quantitative estimate of drug-likeness (QED) is 0.761. The number of benzene rings is 1. The third-order valence-electron chi connectivity index (χ3n) is 3.23. The molecule has 0 radical (unpaired) electrons.